The van der Waals surface area contributed by atoms with Crippen molar-refractivity contribution in [2.45, 2.75) is 142 Å². The maximum Gasteiger partial charge on any atom is 0.343 e. The summed E-state index contributed by atoms with van der Waals surface area (Å²) >= 11 is 0. The first-order valence-corrected chi connectivity index (χ1v) is 30.1. The van der Waals surface area contributed by atoms with E-state index in [1.54, 1.807) is 146 Å². The molecule has 0 bridgehead atoms. The number of rotatable bonds is 32. The maximum atomic E-state index is 13.0. The van der Waals surface area contributed by atoms with Gasteiger partial charge in [0, 0.05) is 22.3 Å². The Hall–Kier alpha value is -8.86. The summed E-state index contributed by atoms with van der Waals surface area (Å²) in [5, 5.41) is 0. The molecule has 0 fully saturated rings. The zero-order chi connectivity index (χ0) is 58.8. The van der Waals surface area contributed by atoms with Crippen molar-refractivity contribution in [3.8, 4) is 58.2 Å². The summed E-state index contributed by atoms with van der Waals surface area (Å²) in [6.45, 7) is 5.79. The van der Waals surface area contributed by atoms with Gasteiger partial charge in [-0.05, 0) is 177 Å². The van der Waals surface area contributed by atoms with Crippen molar-refractivity contribution in [1.82, 2.24) is 0 Å². The molecule has 0 unspecified atom stereocenters. The predicted octanol–water partition coefficient (Wildman–Crippen LogP) is 18.0. The second-order valence-electron chi connectivity index (χ2n) is 20.8. The van der Waals surface area contributed by atoms with Gasteiger partial charge < -0.3 is 28.4 Å². The van der Waals surface area contributed by atoms with Gasteiger partial charge in [-0.3, -0.25) is 0 Å². The third-order valence-electron chi connectivity index (χ3n) is 14.0. The van der Waals surface area contributed by atoms with Crippen molar-refractivity contribution in [3.05, 3.63) is 214 Å². The maximum absolute atomic E-state index is 13.0. The molecule has 10 nitrogen and oxygen atoms in total. The number of ether oxygens (including phenoxy) is 6. The zero-order valence-corrected chi connectivity index (χ0v) is 48.8. The molecule has 10 heteroatoms. The van der Waals surface area contributed by atoms with Gasteiger partial charge >= 0.3 is 23.9 Å². The lowest BCUT2D eigenvalue weighted by Crippen LogP contribution is -2.10. The van der Waals surface area contributed by atoms with Crippen molar-refractivity contribution in [1.29, 1.82) is 0 Å². The number of hydrogen-bond acceptors (Lipinski definition) is 10. The molecule has 0 aromatic heterocycles. The van der Waals surface area contributed by atoms with E-state index in [4.69, 9.17) is 28.4 Å². The molecule has 0 atom stereocenters. The fourth-order valence-corrected chi connectivity index (χ4v) is 9.09. The predicted molar refractivity (Wildman–Crippen MR) is 332 cm³/mol. The van der Waals surface area contributed by atoms with Crippen molar-refractivity contribution < 1.29 is 47.6 Å². The second kappa shape index (κ2) is 35.9. The van der Waals surface area contributed by atoms with Gasteiger partial charge in [-0.15, -0.1) is 0 Å². The van der Waals surface area contributed by atoms with E-state index in [9.17, 15) is 19.2 Å². The molecule has 7 aromatic carbocycles. The highest BCUT2D eigenvalue weighted by Crippen LogP contribution is 2.23. The quantitative estimate of drug-likeness (QED) is 0.0174. The van der Waals surface area contributed by atoms with Gasteiger partial charge in [0.1, 0.15) is 34.5 Å². The van der Waals surface area contributed by atoms with Crippen LogP contribution in [-0.2, 0) is 0 Å². The molecular formula is C74H78O10. The Morgan fingerprint density at radius 3 is 0.798 bits per heavy atom. The van der Waals surface area contributed by atoms with Crippen LogP contribution in [0.4, 0.5) is 0 Å². The molecule has 7 rings (SSSR count). The van der Waals surface area contributed by atoms with Gasteiger partial charge in [0.2, 0.25) is 0 Å². The van der Waals surface area contributed by atoms with E-state index >= 15 is 0 Å². The zero-order valence-electron chi connectivity index (χ0n) is 48.8. The molecule has 0 radical (unpaired) electrons. The SMILES string of the molecule is CCCCCCCCCCCCOc1ccc(C(=O)Oc2ccc(C(=O)Oc3ccc(C#Cc4cccc(C#Cc5ccc(OC(=O)c6ccc(OC(=O)c7ccc(OCCCCCCCCCCCC)cc7)cc6)cc5)c4)cc3)cc2)cc1. The van der Waals surface area contributed by atoms with Crippen LogP contribution in [0.25, 0.3) is 0 Å². The van der Waals surface area contributed by atoms with Crippen LogP contribution in [0.5, 0.6) is 34.5 Å². The summed E-state index contributed by atoms with van der Waals surface area (Å²) in [6.07, 6.45) is 25.3. The number of carbonyl (C=O) groups excluding carboxylic acids is 4. The van der Waals surface area contributed by atoms with Gasteiger partial charge in [-0.2, -0.15) is 0 Å². The van der Waals surface area contributed by atoms with Crippen LogP contribution in [0, 0.1) is 23.7 Å². The third kappa shape index (κ3) is 22.8. The number of hydrogen-bond donors (Lipinski definition) is 0. The molecule has 0 aliphatic heterocycles. The fourth-order valence-electron chi connectivity index (χ4n) is 9.09. The molecule has 0 saturated carbocycles. The summed E-state index contributed by atoms with van der Waals surface area (Å²) in [4.78, 5) is 51.6. The summed E-state index contributed by atoms with van der Waals surface area (Å²) in [6, 6.07) is 47.6. The van der Waals surface area contributed by atoms with Gasteiger partial charge in [0.25, 0.3) is 0 Å². The highest BCUT2D eigenvalue weighted by Gasteiger charge is 2.15. The molecule has 434 valence electrons. The Morgan fingerprint density at radius 2 is 0.512 bits per heavy atom. The van der Waals surface area contributed by atoms with Gasteiger partial charge in [-0.25, -0.2) is 19.2 Å². The standard InChI is InChI=1S/C74H78O10/c1-3-5-7-9-11-13-15-17-19-21-54-79-65-46-34-61(35-47-65)71(75)83-69-50-38-63(39-51-69)73(77)81-67-42-30-57(31-43-67)26-28-59-24-23-25-60(56-59)29-27-58-32-44-68(45-33-58)82-74(78)64-40-52-70(53-41-64)84-72(76)62-36-48-66(49-37-62)80-55-22-20-18-16-14-12-10-8-6-4-2/h23-25,30-53,56H,3-22,54-55H2,1-2H3. The van der Waals surface area contributed by atoms with E-state index in [2.05, 4.69) is 37.5 Å². The van der Waals surface area contributed by atoms with Gasteiger partial charge in [0.15, 0.2) is 0 Å². The molecule has 0 aliphatic carbocycles. The Balaban J connectivity index is 0.779. The summed E-state index contributed by atoms with van der Waals surface area (Å²) in [7, 11) is 0. The average Bonchev–Trinajstić information content (AvgIpc) is 3.54. The number of unbranched alkanes of at least 4 members (excludes halogenated alkanes) is 18. The fraction of sp³-hybridized carbons (Fsp3) is 0.324. The first-order valence-electron chi connectivity index (χ1n) is 30.1. The third-order valence-corrected chi connectivity index (χ3v) is 14.0. The summed E-state index contributed by atoms with van der Waals surface area (Å²) < 4.78 is 34.1. The van der Waals surface area contributed by atoms with Crippen molar-refractivity contribution in [2.75, 3.05) is 13.2 Å². The molecule has 84 heavy (non-hydrogen) atoms. The number of benzene rings is 7. The van der Waals surface area contributed by atoms with Crippen molar-refractivity contribution >= 4 is 23.9 Å². The largest absolute Gasteiger partial charge is 0.494 e. The molecule has 0 aliphatic rings. The van der Waals surface area contributed by atoms with E-state index in [-0.39, 0.29) is 0 Å². The monoisotopic (exact) mass is 1130 g/mol. The van der Waals surface area contributed by atoms with Crippen LogP contribution in [0.1, 0.15) is 206 Å². The van der Waals surface area contributed by atoms with Crippen molar-refractivity contribution in [2.24, 2.45) is 0 Å². The lowest BCUT2D eigenvalue weighted by atomic mass is 10.1. The van der Waals surface area contributed by atoms with Gasteiger partial charge in [0.05, 0.1) is 35.5 Å². The van der Waals surface area contributed by atoms with E-state index in [0.29, 0.717) is 70.0 Å². The Morgan fingerprint density at radius 1 is 0.274 bits per heavy atom. The molecule has 0 amide bonds. The molecular weight excluding hydrogens is 1050 g/mol. The second-order valence-corrected chi connectivity index (χ2v) is 20.8. The molecule has 0 N–H and O–H groups in total. The minimum atomic E-state index is -0.559. The van der Waals surface area contributed by atoms with Crippen molar-refractivity contribution in [3.63, 3.8) is 0 Å². The van der Waals surface area contributed by atoms with Crippen LogP contribution < -0.4 is 28.4 Å². The van der Waals surface area contributed by atoms with E-state index in [0.717, 1.165) is 47.9 Å². The van der Waals surface area contributed by atoms with Crippen LogP contribution in [0.3, 0.4) is 0 Å². The van der Waals surface area contributed by atoms with E-state index in [1.807, 2.05) is 24.3 Å². The first-order chi connectivity index (χ1) is 41.2. The van der Waals surface area contributed by atoms with E-state index in [1.165, 1.54) is 103 Å². The highest BCUT2D eigenvalue weighted by molar-refractivity contribution is 5.94. The topological polar surface area (TPSA) is 124 Å². The minimum Gasteiger partial charge on any atom is -0.494 e. The molecule has 0 saturated heterocycles. The van der Waals surface area contributed by atoms with Crippen LogP contribution in [0.15, 0.2) is 170 Å². The highest BCUT2D eigenvalue weighted by atomic mass is 16.5. The average molecular weight is 1130 g/mol. The lowest BCUT2D eigenvalue weighted by Gasteiger charge is -2.08. The molecule has 0 spiro atoms. The smallest absolute Gasteiger partial charge is 0.343 e. The molecule has 7 aromatic rings. The number of esters is 4. The number of carbonyl (C=O) groups is 4. The first kappa shape index (κ1) is 62.7. The summed E-state index contributed by atoms with van der Waals surface area (Å²) in [5.74, 6) is 13.2. The minimum absolute atomic E-state index is 0.295. The van der Waals surface area contributed by atoms with E-state index < -0.39 is 23.9 Å². The lowest BCUT2D eigenvalue weighted by molar-refractivity contribution is 0.0720. The van der Waals surface area contributed by atoms with Crippen LogP contribution in [-0.4, -0.2) is 37.1 Å². The Bertz CT molecular complexity index is 3030. The Kier molecular flexibility index (Phi) is 26.8. The van der Waals surface area contributed by atoms with Crippen LogP contribution >= 0.6 is 0 Å². The molecule has 0 heterocycles. The normalized spacial score (nSPS) is 10.6. The van der Waals surface area contributed by atoms with Crippen LogP contribution in [0.2, 0.25) is 0 Å². The van der Waals surface area contributed by atoms with Gasteiger partial charge in [-0.1, -0.05) is 159 Å². The Labute approximate surface area is 497 Å². The summed E-state index contributed by atoms with van der Waals surface area (Å²) in [5.41, 5.74) is 4.35.